The zero-order chi connectivity index (χ0) is 13.7. The van der Waals surface area contributed by atoms with Crippen molar-refractivity contribution in [3.8, 4) is 0 Å². The molecule has 0 atom stereocenters. The van der Waals surface area contributed by atoms with Crippen molar-refractivity contribution in [3.05, 3.63) is 35.4 Å². The van der Waals surface area contributed by atoms with E-state index in [1.165, 1.54) is 50.3 Å². The fourth-order valence-corrected chi connectivity index (χ4v) is 2.83. The maximum Gasteiger partial charge on any atom is 0.137 e. The molecule has 0 bridgehead atoms. The van der Waals surface area contributed by atoms with Crippen molar-refractivity contribution in [2.45, 2.75) is 51.4 Å². The van der Waals surface area contributed by atoms with Crippen LogP contribution in [0.15, 0.2) is 18.2 Å². The lowest BCUT2D eigenvalue weighted by atomic mass is 9.85. The number of rotatable bonds is 5. The molecule has 19 heavy (non-hydrogen) atoms. The van der Waals surface area contributed by atoms with Gasteiger partial charge < -0.3 is 0 Å². The van der Waals surface area contributed by atoms with Crippen LogP contribution in [0.1, 0.15) is 50.5 Å². The van der Waals surface area contributed by atoms with Gasteiger partial charge in [-0.15, -0.1) is 0 Å². The average molecular weight is 266 g/mol. The first-order valence-electron chi connectivity index (χ1n) is 7.11. The molecule has 1 fully saturated rings. The number of carbonyl (C=O) groups excluding carboxylic acids is 1. The van der Waals surface area contributed by atoms with Gasteiger partial charge in [-0.05, 0) is 24.5 Å². The molecule has 1 nitrogen and oxygen atoms in total. The summed E-state index contributed by atoms with van der Waals surface area (Å²) in [5.41, 5.74) is -0.0869. The maximum atomic E-state index is 13.4. The zero-order valence-corrected chi connectivity index (χ0v) is 11.1. The van der Waals surface area contributed by atoms with Crippen molar-refractivity contribution in [1.29, 1.82) is 0 Å². The Bertz CT molecular complexity index is 416. The van der Waals surface area contributed by atoms with Crippen LogP contribution in [0.25, 0.3) is 0 Å². The molecule has 104 valence electrons. The Kier molecular flexibility index (Phi) is 5.06. The molecule has 0 saturated heterocycles. The molecule has 0 aliphatic heterocycles. The van der Waals surface area contributed by atoms with Crippen molar-refractivity contribution in [1.82, 2.24) is 0 Å². The molecule has 1 aliphatic carbocycles. The minimum Gasteiger partial charge on any atom is -0.299 e. The standard InChI is InChI=1S/C16H20F2O/c17-15-7-4-8-16(18)14(15)11-13(19)10-9-12-5-2-1-3-6-12/h4,7-8,12H,1-3,5-6,9-11H2. The van der Waals surface area contributed by atoms with E-state index in [2.05, 4.69) is 0 Å². The molecule has 0 unspecified atom stereocenters. The normalized spacial score (nSPS) is 16.5. The number of carbonyl (C=O) groups is 1. The molecule has 1 aliphatic rings. The van der Waals surface area contributed by atoms with Crippen molar-refractivity contribution in [3.63, 3.8) is 0 Å². The van der Waals surface area contributed by atoms with Crippen LogP contribution in [-0.2, 0) is 11.2 Å². The lowest BCUT2D eigenvalue weighted by Crippen LogP contribution is -2.11. The van der Waals surface area contributed by atoms with Crippen molar-refractivity contribution < 1.29 is 13.6 Å². The van der Waals surface area contributed by atoms with Gasteiger partial charge >= 0.3 is 0 Å². The molecular formula is C16H20F2O. The SMILES string of the molecule is O=C(CCC1CCCCC1)Cc1c(F)cccc1F. The lowest BCUT2D eigenvalue weighted by molar-refractivity contribution is -0.118. The van der Waals surface area contributed by atoms with Gasteiger partial charge in [0.25, 0.3) is 0 Å². The van der Waals surface area contributed by atoms with Crippen LogP contribution < -0.4 is 0 Å². The second-order valence-corrected chi connectivity index (χ2v) is 5.46. The highest BCUT2D eigenvalue weighted by Crippen LogP contribution is 2.27. The number of Topliss-reactive ketones (excluding diaryl/α,β-unsaturated/α-hetero) is 1. The smallest absolute Gasteiger partial charge is 0.137 e. The summed E-state index contributed by atoms with van der Waals surface area (Å²) >= 11 is 0. The van der Waals surface area contributed by atoms with Gasteiger partial charge in [-0.1, -0.05) is 38.2 Å². The third-order valence-corrected chi connectivity index (χ3v) is 3.99. The predicted molar refractivity (Wildman–Crippen MR) is 70.9 cm³/mol. The predicted octanol–water partition coefficient (Wildman–Crippen LogP) is 4.44. The van der Waals surface area contributed by atoms with Gasteiger partial charge in [0.05, 0.1) is 0 Å². The van der Waals surface area contributed by atoms with E-state index in [1.807, 2.05) is 0 Å². The fourth-order valence-electron chi connectivity index (χ4n) is 2.83. The van der Waals surface area contributed by atoms with Crippen molar-refractivity contribution >= 4 is 5.78 Å². The molecule has 0 heterocycles. The van der Waals surface area contributed by atoms with Crippen LogP contribution in [0.5, 0.6) is 0 Å². The molecule has 0 radical (unpaired) electrons. The molecule has 0 aromatic heterocycles. The third kappa shape index (κ3) is 4.12. The second kappa shape index (κ2) is 6.78. The van der Waals surface area contributed by atoms with E-state index in [9.17, 15) is 13.6 Å². The zero-order valence-electron chi connectivity index (χ0n) is 11.1. The summed E-state index contributed by atoms with van der Waals surface area (Å²) in [4.78, 5) is 11.8. The first-order valence-corrected chi connectivity index (χ1v) is 7.11. The Balaban J connectivity index is 1.83. The van der Waals surface area contributed by atoms with Crippen LogP contribution in [-0.4, -0.2) is 5.78 Å². The number of hydrogen-bond acceptors (Lipinski definition) is 1. The van der Waals surface area contributed by atoms with Gasteiger partial charge in [-0.25, -0.2) is 8.78 Å². The van der Waals surface area contributed by atoms with Crippen LogP contribution in [0, 0.1) is 17.6 Å². The number of benzene rings is 1. The first-order chi connectivity index (χ1) is 9.16. The molecular weight excluding hydrogens is 246 g/mol. The number of halogens is 2. The molecule has 2 rings (SSSR count). The quantitative estimate of drug-likeness (QED) is 0.770. The Morgan fingerprint density at radius 2 is 1.74 bits per heavy atom. The third-order valence-electron chi connectivity index (χ3n) is 3.99. The van der Waals surface area contributed by atoms with E-state index in [4.69, 9.17) is 0 Å². The second-order valence-electron chi connectivity index (χ2n) is 5.46. The van der Waals surface area contributed by atoms with Gasteiger partial charge in [-0.3, -0.25) is 4.79 Å². The largest absolute Gasteiger partial charge is 0.299 e. The Hall–Kier alpha value is -1.25. The van der Waals surface area contributed by atoms with Gasteiger partial charge in [0.2, 0.25) is 0 Å². The van der Waals surface area contributed by atoms with Crippen molar-refractivity contribution in [2.75, 3.05) is 0 Å². The molecule has 0 amide bonds. The summed E-state index contributed by atoms with van der Waals surface area (Å²) in [6, 6.07) is 3.72. The first kappa shape index (κ1) is 14.2. The van der Waals surface area contributed by atoms with Gasteiger partial charge in [0.1, 0.15) is 17.4 Å². The van der Waals surface area contributed by atoms with Crippen LogP contribution >= 0.6 is 0 Å². The van der Waals surface area contributed by atoms with Crippen LogP contribution in [0.3, 0.4) is 0 Å². The van der Waals surface area contributed by atoms with Crippen molar-refractivity contribution in [2.24, 2.45) is 5.92 Å². The number of hydrogen-bond donors (Lipinski definition) is 0. The van der Waals surface area contributed by atoms with E-state index < -0.39 is 11.6 Å². The molecule has 3 heteroatoms. The van der Waals surface area contributed by atoms with Gasteiger partial charge in [0.15, 0.2) is 0 Å². The Morgan fingerprint density at radius 1 is 1.11 bits per heavy atom. The molecule has 0 spiro atoms. The molecule has 1 saturated carbocycles. The summed E-state index contributed by atoms with van der Waals surface area (Å²) in [5.74, 6) is -0.672. The fraction of sp³-hybridized carbons (Fsp3) is 0.562. The van der Waals surface area contributed by atoms with Crippen LogP contribution in [0.4, 0.5) is 8.78 Å². The Morgan fingerprint density at radius 3 is 2.37 bits per heavy atom. The van der Waals surface area contributed by atoms with E-state index in [-0.39, 0.29) is 17.8 Å². The summed E-state index contributed by atoms with van der Waals surface area (Å²) in [6.07, 6.45) is 7.38. The molecule has 0 N–H and O–H groups in total. The van der Waals surface area contributed by atoms with Gasteiger partial charge in [0, 0.05) is 18.4 Å². The van der Waals surface area contributed by atoms with E-state index >= 15 is 0 Å². The minimum absolute atomic E-state index is 0.0606. The summed E-state index contributed by atoms with van der Waals surface area (Å²) in [6.45, 7) is 0. The van der Waals surface area contributed by atoms with Crippen LogP contribution in [0.2, 0.25) is 0 Å². The lowest BCUT2D eigenvalue weighted by Gasteiger charge is -2.20. The topological polar surface area (TPSA) is 17.1 Å². The van der Waals surface area contributed by atoms with Gasteiger partial charge in [-0.2, -0.15) is 0 Å². The molecule has 1 aromatic carbocycles. The highest BCUT2D eigenvalue weighted by molar-refractivity contribution is 5.80. The Labute approximate surface area is 113 Å². The highest BCUT2D eigenvalue weighted by Gasteiger charge is 2.17. The van der Waals surface area contributed by atoms with E-state index in [0.717, 1.165) is 6.42 Å². The van der Waals surface area contributed by atoms with E-state index in [1.54, 1.807) is 0 Å². The molecule has 1 aromatic rings. The maximum absolute atomic E-state index is 13.4. The minimum atomic E-state index is -0.619. The highest BCUT2D eigenvalue weighted by atomic mass is 19.1. The summed E-state index contributed by atoms with van der Waals surface area (Å²) in [7, 11) is 0. The summed E-state index contributed by atoms with van der Waals surface area (Å²) in [5, 5.41) is 0. The summed E-state index contributed by atoms with van der Waals surface area (Å²) < 4.78 is 26.8. The monoisotopic (exact) mass is 266 g/mol. The number of ketones is 1. The average Bonchev–Trinajstić information content (AvgIpc) is 2.42. The van der Waals surface area contributed by atoms with E-state index in [0.29, 0.717) is 12.3 Å².